The molecule has 0 saturated carbocycles. The molecule has 0 aliphatic carbocycles. The van der Waals surface area contributed by atoms with E-state index >= 15 is 0 Å². The predicted octanol–water partition coefficient (Wildman–Crippen LogP) is 2.93. The van der Waals surface area contributed by atoms with E-state index in [2.05, 4.69) is 5.32 Å². The summed E-state index contributed by atoms with van der Waals surface area (Å²) in [6.07, 6.45) is 0.0651. The molecule has 0 heterocycles. The number of nitrogens with one attached hydrogen (secondary N) is 1. The fourth-order valence-electron chi connectivity index (χ4n) is 2.30. The number of hydrogen-bond acceptors (Lipinski definition) is 3. The van der Waals surface area contributed by atoms with Gasteiger partial charge in [0, 0.05) is 26.1 Å². The number of hydrogen-bond donors (Lipinski definition) is 1. The number of amides is 2. The minimum Gasteiger partial charge on any atom is -0.492 e. The Labute approximate surface area is 156 Å². The van der Waals surface area contributed by atoms with Crippen LogP contribution in [0.2, 0.25) is 0 Å². The highest BCUT2D eigenvalue weighted by molar-refractivity contribution is 5.94. The minimum absolute atomic E-state index is 0.0532. The molecule has 27 heavy (non-hydrogen) atoms. The van der Waals surface area contributed by atoms with E-state index in [1.807, 2.05) is 31.2 Å². The van der Waals surface area contributed by atoms with Gasteiger partial charge >= 0.3 is 0 Å². The van der Waals surface area contributed by atoms with E-state index in [0.717, 1.165) is 23.4 Å². The lowest BCUT2D eigenvalue weighted by molar-refractivity contribution is -0.130. The lowest BCUT2D eigenvalue weighted by atomic mass is 10.2. The number of benzene rings is 2. The van der Waals surface area contributed by atoms with Crippen molar-refractivity contribution in [1.29, 1.82) is 0 Å². The van der Waals surface area contributed by atoms with Crippen LogP contribution in [0.5, 0.6) is 5.75 Å². The summed E-state index contributed by atoms with van der Waals surface area (Å²) in [7, 11) is 1.64. The number of likely N-dealkylation sites (N-methyl/N-ethyl adjacent to an activating group) is 1. The molecule has 0 unspecified atom stereocenters. The van der Waals surface area contributed by atoms with Gasteiger partial charge in [0.1, 0.15) is 24.0 Å². The van der Waals surface area contributed by atoms with Crippen LogP contribution < -0.4 is 10.1 Å². The van der Waals surface area contributed by atoms with Crippen molar-refractivity contribution in [3.63, 3.8) is 0 Å². The molecule has 0 aliphatic rings. The Morgan fingerprint density at radius 3 is 2.48 bits per heavy atom. The first-order valence-corrected chi connectivity index (χ1v) is 8.53. The Balaban J connectivity index is 1.69. The summed E-state index contributed by atoms with van der Waals surface area (Å²) in [6.45, 7) is 2.78. The fourth-order valence-corrected chi connectivity index (χ4v) is 2.30. The number of nitrogens with zero attached hydrogens (tertiary/aromatic N) is 1. The molecule has 5 nitrogen and oxygen atoms in total. The first-order valence-electron chi connectivity index (χ1n) is 8.53. The summed E-state index contributed by atoms with van der Waals surface area (Å²) in [5.74, 6) is -1.83. The van der Waals surface area contributed by atoms with E-state index in [9.17, 15) is 18.4 Å². The molecular weight excluding hydrogens is 354 g/mol. The second kappa shape index (κ2) is 9.66. The Morgan fingerprint density at radius 1 is 1.11 bits per heavy atom. The normalized spacial score (nSPS) is 10.4. The van der Waals surface area contributed by atoms with Gasteiger partial charge in [-0.25, -0.2) is 8.78 Å². The molecule has 0 radical (unpaired) electrons. The summed E-state index contributed by atoms with van der Waals surface area (Å²) >= 11 is 0. The van der Waals surface area contributed by atoms with Crippen molar-refractivity contribution in [2.24, 2.45) is 0 Å². The lowest BCUT2D eigenvalue weighted by Crippen LogP contribution is -2.34. The van der Waals surface area contributed by atoms with Crippen molar-refractivity contribution in [2.45, 2.75) is 13.3 Å². The van der Waals surface area contributed by atoms with Crippen LogP contribution in [0.4, 0.5) is 8.78 Å². The molecule has 0 fully saturated rings. The highest BCUT2D eigenvalue weighted by Crippen LogP contribution is 2.11. The monoisotopic (exact) mass is 376 g/mol. The quantitative estimate of drug-likeness (QED) is 0.771. The van der Waals surface area contributed by atoms with Crippen LogP contribution >= 0.6 is 0 Å². The lowest BCUT2D eigenvalue weighted by Gasteiger charge is -2.17. The number of ether oxygens (including phenoxy) is 1. The van der Waals surface area contributed by atoms with Crippen molar-refractivity contribution < 1.29 is 23.1 Å². The summed E-state index contributed by atoms with van der Waals surface area (Å²) in [5, 5.41) is 2.45. The number of halogens is 2. The van der Waals surface area contributed by atoms with Crippen molar-refractivity contribution in [3.8, 4) is 5.75 Å². The SMILES string of the molecule is Cc1ccc(OCCN(C)C(=O)CCNC(=O)c2ccc(F)cc2F)cc1. The zero-order valence-corrected chi connectivity index (χ0v) is 15.3. The van der Waals surface area contributed by atoms with E-state index in [1.54, 1.807) is 7.05 Å². The van der Waals surface area contributed by atoms with E-state index in [1.165, 1.54) is 4.90 Å². The third-order valence-electron chi connectivity index (χ3n) is 3.94. The van der Waals surface area contributed by atoms with Crippen LogP contribution in [0.1, 0.15) is 22.3 Å². The Kier molecular flexibility index (Phi) is 7.28. The highest BCUT2D eigenvalue weighted by Gasteiger charge is 2.14. The third-order valence-corrected chi connectivity index (χ3v) is 3.94. The zero-order valence-electron chi connectivity index (χ0n) is 15.3. The fraction of sp³-hybridized carbons (Fsp3) is 0.300. The van der Waals surface area contributed by atoms with E-state index in [4.69, 9.17) is 4.74 Å². The van der Waals surface area contributed by atoms with Crippen molar-refractivity contribution >= 4 is 11.8 Å². The molecule has 0 saturated heterocycles. The van der Waals surface area contributed by atoms with E-state index in [-0.39, 0.29) is 24.4 Å². The first kappa shape index (κ1) is 20.4. The van der Waals surface area contributed by atoms with Crippen LogP contribution in [0, 0.1) is 18.6 Å². The van der Waals surface area contributed by atoms with Crippen molar-refractivity contribution in [2.75, 3.05) is 26.7 Å². The van der Waals surface area contributed by atoms with Crippen LogP contribution in [-0.4, -0.2) is 43.5 Å². The van der Waals surface area contributed by atoms with E-state index < -0.39 is 17.5 Å². The van der Waals surface area contributed by atoms with E-state index in [0.29, 0.717) is 19.2 Å². The van der Waals surface area contributed by atoms with Crippen molar-refractivity contribution in [3.05, 3.63) is 65.2 Å². The topological polar surface area (TPSA) is 58.6 Å². The second-order valence-corrected chi connectivity index (χ2v) is 6.11. The average Bonchev–Trinajstić information content (AvgIpc) is 2.63. The molecule has 0 aliphatic heterocycles. The molecule has 144 valence electrons. The molecule has 2 rings (SSSR count). The Bertz CT molecular complexity index is 794. The molecule has 0 atom stereocenters. The van der Waals surface area contributed by atoms with Gasteiger partial charge in [0.2, 0.25) is 5.91 Å². The van der Waals surface area contributed by atoms with Crippen LogP contribution in [0.25, 0.3) is 0 Å². The maximum Gasteiger partial charge on any atom is 0.254 e. The number of carbonyl (C=O) groups excluding carboxylic acids is 2. The van der Waals surface area contributed by atoms with Crippen LogP contribution in [0.15, 0.2) is 42.5 Å². The molecule has 0 bridgehead atoms. The average molecular weight is 376 g/mol. The van der Waals surface area contributed by atoms with Gasteiger partial charge < -0.3 is 15.0 Å². The molecule has 0 spiro atoms. The minimum atomic E-state index is -0.941. The number of aryl methyl sites for hydroxylation is 1. The summed E-state index contributed by atoms with van der Waals surface area (Å²) < 4.78 is 31.9. The van der Waals surface area contributed by atoms with Gasteiger partial charge in [-0.05, 0) is 31.2 Å². The summed E-state index contributed by atoms with van der Waals surface area (Å²) in [4.78, 5) is 25.4. The first-order chi connectivity index (χ1) is 12.9. The van der Waals surface area contributed by atoms with Gasteiger partial charge in [0.05, 0.1) is 12.1 Å². The molecular formula is C20H22F2N2O3. The molecule has 2 amide bonds. The predicted molar refractivity (Wildman–Crippen MR) is 97.6 cm³/mol. The van der Waals surface area contributed by atoms with Crippen LogP contribution in [0.3, 0.4) is 0 Å². The number of carbonyl (C=O) groups is 2. The van der Waals surface area contributed by atoms with Gasteiger partial charge in [-0.1, -0.05) is 17.7 Å². The molecule has 1 N–H and O–H groups in total. The zero-order chi connectivity index (χ0) is 19.8. The third kappa shape index (κ3) is 6.36. The van der Waals surface area contributed by atoms with Gasteiger partial charge in [-0.15, -0.1) is 0 Å². The van der Waals surface area contributed by atoms with Gasteiger partial charge in [-0.2, -0.15) is 0 Å². The highest BCUT2D eigenvalue weighted by atomic mass is 19.1. The maximum absolute atomic E-state index is 13.5. The van der Waals surface area contributed by atoms with Gasteiger partial charge in [0.25, 0.3) is 5.91 Å². The maximum atomic E-state index is 13.5. The molecule has 0 aromatic heterocycles. The second-order valence-electron chi connectivity index (χ2n) is 6.11. The largest absolute Gasteiger partial charge is 0.492 e. The van der Waals surface area contributed by atoms with Crippen molar-refractivity contribution in [1.82, 2.24) is 10.2 Å². The number of rotatable bonds is 8. The van der Waals surface area contributed by atoms with Gasteiger partial charge in [0.15, 0.2) is 0 Å². The van der Waals surface area contributed by atoms with Gasteiger partial charge in [-0.3, -0.25) is 9.59 Å². The van der Waals surface area contributed by atoms with Crippen LogP contribution in [-0.2, 0) is 4.79 Å². The smallest absolute Gasteiger partial charge is 0.254 e. The Morgan fingerprint density at radius 2 is 1.81 bits per heavy atom. The standard InChI is InChI=1S/C20H22F2N2O3/c1-14-3-6-16(7-4-14)27-12-11-24(2)19(25)9-10-23-20(26)17-8-5-15(21)13-18(17)22/h3-8,13H,9-12H2,1-2H3,(H,23,26). The molecule has 7 heteroatoms. The Hall–Kier alpha value is -2.96. The summed E-state index contributed by atoms with van der Waals surface area (Å²) in [5.41, 5.74) is 0.876. The molecule has 2 aromatic rings. The summed E-state index contributed by atoms with van der Waals surface area (Å²) in [6, 6.07) is 10.3. The molecule has 2 aromatic carbocycles.